The number of rotatable bonds is 6. The summed E-state index contributed by atoms with van der Waals surface area (Å²) < 4.78 is 0. The van der Waals surface area contributed by atoms with Crippen molar-refractivity contribution in [2.75, 3.05) is 0 Å². The van der Waals surface area contributed by atoms with Gasteiger partial charge in [-0.05, 0) is 17.7 Å². The predicted molar refractivity (Wildman–Crippen MR) is 83.6 cm³/mol. The second kappa shape index (κ2) is 7.17. The fourth-order valence-electron chi connectivity index (χ4n) is 2.11. The molecule has 0 heterocycles. The van der Waals surface area contributed by atoms with E-state index in [0.29, 0.717) is 11.1 Å². The van der Waals surface area contributed by atoms with Gasteiger partial charge in [-0.3, -0.25) is 19.7 Å². The van der Waals surface area contributed by atoms with Crippen molar-refractivity contribution in [1.29, 1.82) is 0 Å². The van der Waals surface area contributed by atoms with E-state index in [4.69, 9.17) is 5.73 Å². The number of carbonyl (C=O) groups excluding carboxylic acids is 2. The van der Waals surface area contributed by atoms with Crippen LogP contribution in [0.2, 0.25) is 0 Å². The van der Waals surface area contributed by atoms with Gasteiger partial charge >= 0.3 is 0 Å². The van der Waals surface area contributed by atoms with E-state index in [1.807, 2.05) is 0 Å². The summed E-state index contributed by atoms with van der Waals surface area (Å²) in [5, 5.41) is 13.6. The number of nitro groups is 1. The lowest BCUT2D eigenvalue weighted by Gasteiger charge is -2.07. The average Bonchev–Trinajstić information content (AvgIpc) is 2.53. The van der Waals surface area contributed by atoms with Crippen LogP contribution in [0.1, 0.15) is 21.5 Å². The molecule has 7 nitrogen and oxygen atoms in total. The Morgan fingerprint density at radius 2 is 1.87 bits per heavy atom. The summed E-state index contributed by atoms with van der Waals surface area (Å²) in [5.41, 5.74) is 6.54. The van der Waals surface area contributed by atoms with Gasteiger partial charge in [0.2, 0.25) is 11.8 Å². The number of carbonyl (C=O) groups is 2. The lowest BCUT2D eigenvalue weighted by atomic mass is 10.1. The van der Waals surface area contributed by atoms with Gasteiger partial charge < -0.3 is 11.1 Å². The van der Waals surface area contributed by atoms with Gasteiger partial charge in [0.1, 0.15) is 0 Å². The number of nitro benzene ring substituents is 1. The van der Waals surface area contributed by atoms with E-state index in [1.165, 1.54) is 6.07 Å². The Morgan fingerprint density at radius 1 is 1.13 bits per heavy atom. The van der Waals surface area contributed by atoms with Gasteiger partial charge in [0.15, 0.2) is 0 Å². The third kappa shape index (κ3) is 4.37. The highest BCUT2D eigenvalue weighted by Crippen LogP contribution is 2.18. The van der Waals surface area contributed by atoms with Gasteiger partial charge in [-0.1, -0.05) is 30.3 Å². The molecule has 2 amide bonds. The average molecular weight is 313 g/mol. The molecule has 2 aromatic carbocycles. The van der Waals surface area contributed by atoms with Crippen molar-refractivity contribution in [3.05, 3.63) is 75.3 Å². The van der Waals surface area contributed by atoms with Crippen LogP contribution in [0.5, 0.6) is 0 Å². The van der Waals surface area contributed by atoms with E-state index in [1.54, 1.807) is 42.5 Å². The number of nitrogens with one attached hydrogen (secondary N) is 1. The van der Waals surface area contributed by atoms with Gasteiger partial charge in [0.05, 0.1) is 11.3 Å². The summed E-state index contributed by atoms with van der Waals surface area (Å²) in [6, 6.07) is 12.7. The van der Waals surface area contributed by atoms with Gasteiger partial charge in [-0.15, -0.1) is 0 Å². The van der Waals surface area contributed by atoms with Crippen LogP contribution in [-0.4, -0.2) is 16.7 Å². The van der Waals surface area contributed by atoms with Crippen LogP contribution in [-0.2, 0) is 17.8 Å². The molecule has 2 aromatic rings. The molecule has 0 aromatic heterocycles. The second-order valence-corrected chi connectivity index (χ2v) is 4.90. The Bertz CT molecular complexity index is 758. The monoisotopic (exact) mass is 313 g/mol. The van der Waals surface area contributed by atoms with Crippen molar-refractivity contribution < 1.29 is 14.5 Å². The molecule has 7 heteroatoms. The fourth-order valence-corrected chi connectivity index (χ4v) is 2.11. The normalized spacial score (nSPS) is 10.1. The van der Waals surface area contributed by atoms with Gasteiger partial charge in [0.25, 0.3) is 5.69 Å². The topological polar surface area (TPSA) is 115 Å². The van der Waals surface area contributed by atoms with Crippen molar-refractivity contribution in [2.45, 2.75) is 13.0 Å². The largest absolute Gasteiger partial charge is 0.366 e. The van der Waals surface area contributed by atoms with E-state index < -0.39 is 10.8 Å². The molecule has 0 saturated carbocycles. The molecule has 0 aliphatic rings. The molecule has 0 aliphatic carbocycles. The van der Waals surface area contributed by atoms with Crippen LogP contribution in [0, 0.1) is 10.1 Å². The van der Waals surface area contributed by atoms with E-state index in [9.17, 15) is 19.7 Å². The maximum absolute atomic E-state index is 12.0. The van der Waals surface area contributed by atoms with E-state index in [2.05, 4.69) is 5.32 Å². The summed E-state index contributed by atoms with van der Waals surface area (Å²) in [6.45, 7) is 0.209. The van der Waals surface area contributed by atoms with Crippen LogP contribution < -0.4 is 11.1 Å². The Labute approximate surface area is 132 Å². The van der Waals surface area contributed by atoms with Crippen LogP contribution in [0.25, 0.3) is 0 Å². The SMILES string of the molecule is NC(=O)c1cccc(CNC(=O)Cc2ccccc2[N+](=O)[O-])c1. The van der Waals surface area contributed by atoms with Crippen LogP contribution in [0.3, 0.4) is 0 Å². The number of nitrogens with zero attached hydrogens (tertiary/aromatic N) is 1. The minimum atomic E-state index is -0.543. The van der Waals surface area contributed by atoms with Gasteiger partial charge in [-0.2, -0.15) is 0 Å². The number of nitrogens with two attached hydrogens (primary N) is 1. The Balaban J connectivity index is 2.00. The smallest absolute Gasteiger partial charge is 0.273 e. The molecular weight excluding hydrogens is 298 g/mol. The predicted octanol–water partition coefficient (Wildman–Crippen LogP) is 1.55. The highest BCUT2D eigenvalue weighted by Gasteiger charge is 2.15. The Hall–Kier alpha value is -3.22. The molecule has 0 saturated heterocycles. The first kappa shape index (κ1) is 16.2. The molecule has 118 valence electrons. The lowest BCUT2D eigenvalue weighted by Crippen LogP contribution is -2.25. The number of hydrogen-bond acceptors (Lipinski definition) is 4. The molecule has 0 spiro atoms. The third-order valence-electron chi connectivity index (χ3n) is 3.24. The second-order valence-electron chi connectivity index (χ2n) is 4.90. The zero-order valence-electron chi connectivity index (χ0n) is 12.2. The van der Waals surface area contributed by atoms with Crippen molar-refractivity contribution >= 4 is 17.5 Å². The standard InChI is InChI=1S/C16H15N3O4/c17-16(21)13-6-3-4-11(8-13)10-18-15(20)9-12-5-1-2-7-14(12)19(22)23/h1-8H,9-10H2,(H2,17,21)(H,18,20). The number of primary amides is 1. The highest BCUT2D eigenvalue weighted by molar-refractivity contribution is 5.92. The number of para-hydroxylation sites is 1. The number of amides is 2. The Morgan fingerprint density at radius 3 is 2.57 bits per heavy atom. The van der Waals surface area contributed by atoms with E-state index in [-0.39, 0.29) is 24.6 Å². The number of benzene rings is 2. The molecule has 0 bridgehead atoms. The Kier molecular flexibility index (Phi) is 5.03. The van der Waals surface area contributed by atoms with Crippen molar-refractivity contribution in [3.63, 3.8) is 0 Å². The van der Waals surface area contributed by atoms with Gasteiger partial charge in [0, 0.05) is 23.7 Å². The van der Waals surface area contributed by atoms with E-state index >= 15 is 0 Å². The van der Waals surface area contributed by atoms with Crippen LogP contribution >= 0.6 is 0 Å². The molecule has 2 rings (SSSR count). The van der Waals surface area contributed by atoms with Gasteiger partial charge in [-0.25, -0.2) is 0 Å². The molecule has 0 radical (unpaired) electrons. The summed E-state index contributed by atoms with van der Waals surface area (Å²) >= 11 is 0. The van der Waals surface area contributed by atoms with Crippen LogP contribution in [0.15, 0.2) is 48.5 Å². The maximum Gasteiger partial charge on any atom is 0.273 e. The zero-order chi connectivity index (χ0) is 16.8. The molecule has 0 unspecified atom stereocenters. The molecule has 0 atom stereocenters. The van der Waals surface area contributed by atoms with Crippen molar-refractivity contribution in [1.82, 2.24) is 5.32 Å². The molecule has 3 N–H and O–H groups in total. The summed E-state index contributed by atoms with van der Waals surface area (Å²) in [5.74, 6) is -0.887. The summed E-state index contributed by atoms with van der Waals surface area (Å²) in [4.78, 5) is 33.5. The summed E-state index contributed by atoms with van der Waals surface area (Å²) in [6.07, 6.45) is -0.0906. The van der Waals surface area contributed by atoms with Crippen molar-refractivity contribution in [3.8, 4) is 0 Å². The first-order valence-electron chi connectivity index (χ1n) is 6.85. The zero-order valence-corrected chi connectivity index (χ0v) is 12.2. The minimum absolute atomic E-state index is 0.0848. The van der Waals surface area contributed by atoms with E-state index in [0.717, 1.165) is 5.56 Å². The third-order valence-corrected chi connectivity index (χ3v) is 3.24. The quantitative estimate of drug-likeness (QED) is 0.621. The first-order chi connectivity index (χ1) is 11.0. The fraction of sp³-hybridized carbons (Fsp3) is 0.125. The first-order valence-corrected chi connectivity index (χ1v) is 6.85. The maximum atomic E-state index is 12.0. The molecule has 23 heavy (non-hydrogen) atoms. The molecule has 0 aliphatic heterocycles. The highest BCUT2D eigenvalue weighted by atomic mass is 16.6. The van der Waals surface area contributed by atoms with Crippen LogP contribution in [0.4, 0.5) is 5.69 Å². The number of hydrogen-bond donors (Lipinski definition) is 2. The minimum Gasteiger partial charge on any atom is -0.366 e. The molecular formula is C16H15N3O4. The van der Waals surface area contributed by atoms with Crippen molar-refractivity contribution in [2.24, 2.45) is 5.73 Å². The lowest BCUT2D eigenvalue weighted by molar-refractivity contribution is -0.385. The molecule has 0 fully saturated rings. The summed E-state index contributed by atoms with van der Waals surface area (Å²) in [7, 11) is 0.